The molecule has 48 heavy (non-hydrogen) atoms. The van der Waals surface area contributed by atoms with Crippen molar-refractivity contribution in [2.24, 2.45) is 10.8 Å². The molecule has 0 aromatic rings. The second-order valence-corrected chi connectivity index (χ2v) is 13.4. The van der Waals surface area contributed by atoms with Gasteiger partial charge in [-0.1, -0.05) is 55.4 Å². The van der Waals surface area contributed by atoms with E-state index in [1.165, 1.54) is 0 Å². The van der Waals surface area contributed by atoms with E-state index < -0.39 is 23.9 Å². The molecule has 0 unspecified atom stereocenters. The Kier molecular flexibility index (Phi) is 18.3. The summed E-state index contributed by atoms with van der Waals surface area (Å²) in [5.41, 5.74) is 2.72. The Bertz CT molecular complexity index is 1200. The van der Waals surface area contributed by atoms with Crippen molar-refractivity contribution in [2.45, 2.75) is 115 Å². The van der Waals surface area contributed by atoms with E-state index >= 15 is 0 Å². The molecule has 0 amide bonds. The van der Waals surface area contributed by atoms with Crippen molar-refractivity contribution in [1.82, 2.24) is 10.2 Å². The second-order valence-electron chi connectivity index (χ2n) is 13.4. The van der Waals surface area contributed by atoms with E-state index in [2.05, 4.69) is 44.8 Å². The summed E-state index contributed by atoms with van der Waals surface area (Å²) in [6, 6.07) is 0. The van der Waals surface area contributed by atoms with E-state index in [1.807, 2.05) is 39.8 Å². The third kappa shape index (κ3) is 13.2. The number of hydrogen-bond donors (Lipinski definition) is 1. The Morgan fingerprint density at radius 2 is 1.10 bits per heavy atom. The van der Waals surface area contributed by atoms with Crippen LogP contribution in [-0.2, 0) is 38.1 Å². The second kappa shape index (κ2) is 20.7. The van der Waals surface area contributed by atoms with Crippen molar-refractivity contribution in [3.05, 3.63) is 45.8 Å². The van der Waals surface area contributed by atoms with Crippen LogP contribution in [0.25, 0.3) is 0 Å². The van der Waals surface area contributed by atoms with Gasteiger partial charge in [-0.05, 0) is 93.4 Å². The molecule has 2 aliphatic rings. The van der Waals surface area contributed by atoms with Crippen molar-refractivity contribution in [3.8, 4) is 0 Å². The molecule has 0 atom stereocenters. The van der Waals surface area contributed by atoms with E-state index in [-0.39, 0.29) is 48.4 Å². The van der Waals surface area contributed by atoms with E-state index in [1.54, 1.807) is 13.8 Å². The number of hydrogen-bond acceptors (Lipinski definition) is 10. The van der Waals surface area contributed by atoms with E-state index in [9.17, 15) is 19.2 Å². The molecule has 0 heterocycles. The highest BCUT2D eigenvalue weighted by Crippen LogP contribution is 2.41. The molecule has 0 spiro atoms. The number of nitrogens with one attached hydrogen (secondary N) is 1. The van der Waals surface area contributed by atoms with Gasteiger partial charge in [-0.25, -0.2) is 19.2 Å². The highest BCUT2D eigenvalue weighted by Gasteiger charge is 2.35. The number of nitrogens with zero attached hydrogens (tertiary/aromatic N) is 1. The van der Waals surface area contributed by atoms with Gasteiger partial charge in [0.25, 0.3) is 0 Å². The van der Waals surface area contributed by atoms with Gasteiger partial charge in [0, 0.05) is 31.0 Å². The minimum absolute atomic E-state index is 0.0192. The van der Waals surface area contributed by atoms with Crippen LogP contribution >= 0.6 is 0 Å². The van der Waals surface area contributed by atoms with Crippen LogP contribution in [0.5, 0.6) is 0 Å². The van der Waals surface area contributed by atoms with E-state index in [4.69, 9.17) is 18.9 Å². The highest BCUT2D eigenvalue weighted by molar-refractivity contribution is 6.15. The largest absolute Gasteiger partial charge is 0.462 e. The van der Waals surface area contributed by atoms with Crippen molar-refractivity contribution < 1.29 is 38.1 Å². The Balaban J connectivity index is 0.00000565. The fraction of sp³-hybridized carbons (Fsp3) is 0.684. The van der Waals surface area contributed by atoms with Gasteiger partial charge in [-0.3, -0.25) is 0 Å². The number of likely N-dealkylation sites (N-methyl/N-ethyl adjacent to an activating group) is 1. The Hall–Kier alpha value is -3.56. The SMILES string of the molecule is CC.CCCOC(=O)C(C(=O)OCCC)=C1C=C(N(CC)CCNC2=CC(=C(C(=O)OCC)C(=O)OCC)CC(C)(C)C2)CC(C)(C)C1. The predicted octanol–water partition coefficient (Wildman–Crippen LogP) is 6.96. The fourth-order valence-corrected chi connectivity index (χ4v) is 5.90. The summed E-state index contributed by atoms with van der Waals surface area (Å²) in [6.07, 6.45) is 7.74. The number of esters is 4. The molecule has 10 heteroatoms. The first-order chi connectivity index (χ1) is 22.7. The first-order valence-corrected chi connectivity index (χ1v) is 17.8. The normalized spacial score (nSPS) is 16.2. The van der Waals surface area contributed by atoms with Crippen LogP contribution in [0.15, 0.2) is 45.8 Å². The van der Waals surface area contributed by atoms with Crippen LogP contribution in [-0.4, -0.2) is 74.8 Å². The average molecular weight is 675 g/mol. The summed E-state index contributed by atoms with van der Waals surface area (Å²) >= 11 is 0. The zero-order valence-electron chi connectivity index (χ0n) is 31.6. The van der Waals surface area contributed by atoms with Crippen LogP contribution in [0.2, 0.25) is 0 Å². The van der Waals surface area contributed by atoms with Gasteiger partial charge in [0.2, 0.25) is 0 Å². The molecule has 10 nitrogen and oxygen atoms in total. The molecule has 0 aliphatic heterocycles. The molecule has 0 aromatic carbocycles. The summed E-state index contributed by atoms with van der Waals surface area (Å²) in [5, 5.41) is 3.54. The van der Waals surface area contributed by atoms with Gasteiger partial charge in [-0.2, -0.15) is 0 Å². The number of carbonyl (C=O) groups excluding carboxylic acids is 4. The maximum Gasteiger partial charge on any atom is 0.345 e. The zero-order chi connectivity index (χ0) is 36.5. The molecule has 2 rings (SSSR count). The minimum atomic E-state index is -0.673. The number of carbonyl (C=O) groups is 4. The molecule has 0 saturated carbocycles. The van der Waals surface area contributed by atoms with Crippen molar-refractivity contribution in [2.75, 3.05) is 46.1 Å². The molecular weight excluding hydrogens is 612 g/mol. The summed E-state index contributed by atoms with van der Waals surface area (Å²) < 4.78 is 21.2. The standard InChI is InChI=1S/C36H56N2O8.C2H6/c1-10-17-45-33(41)30(34(42)46-18-11-2)26-20-28(24-36(8,9)22-26)38(12-3)16-15-37-27-19-25(21-35(6,7)23-27)29(31(39)43-13-4)32(40)44-14-5;1-2/h19-20,37H,10-18,21-24H2,1-9H3;1-2H3. The molecular formula is C38H62N2O8. The van der Waals surface area contributed by atoms with E-state index in [0.29, 0.717) is 49.9 Å². The van der Waals surface area contributed by atoms with Gasteiger partial charge in [-0.15, -0.1) is 0 Å². The molecule has 272 valence electrons. The topological polar surface area (TPSA) is 120 Å². The van der Waals surface area contributed by atoms with Crippen molar-refractivity contribution in [3.63, 3.8) is 0 Å². The van der Waals surface area contributed by atoms with Gasteiger partial charge < -0.3 is 29.2 Å². The molecule has 0 aromatic heterocycles. The predicted molar refractivity (Wildman–Crippen MR) is 189 cm³/mol. The maximum atomic E-state index is 13.1. The Morgan fingerprint density at radius 3 is 1.54 bits per heavy atom. The first-order valence-electron chi connectivity index (χ1n) is 17.8. The van der Waals surface area contributed by atoms with Gasteiger partial charge in [0.15, 0.2) is 0 Å². The van der Waals surface area contributed by atoms with Crippen molar-refractivity contribution in [1.29, 1.82) is 0 Å². The fourth-order valence-electron chi connectivity index (χ4n) is 5.90. The summed E-state index contributed by atoms with van der Waals surface area (Å²) in [7, 11) is 0. The van der Waals surface area contributed by atoms with Crippen LogP contribution in [0.1, 0.15) is 115 Å². The molecule has 0 radical (unpaired) electrons. The van der Waals surface area contributed by atoms with Gasteiger partial charge in [0.1, 0.15) is 11.1 Å². The summed E-state index contributed by atoms with van der Waals surface area (Å²) in [4.78, 5) is 54.0. The lowest BCUT2D eigenvalue weighted by Gasteiger charge is -2.38. The van der Waals surface area contributed by atoms with Crippen LogP contribution in [0.4, 0.5) is 0 Å². The van der Waals surface area contributed by atoms with Crippen LogP contribution < -0.4 is 5.32 Å². The zero-order valence-corrected chi connectivity index (χ0v) is 31.6. The number of rotatable bonds is 16. The Morgan fingerprint density at radius 1 is 0.667 bits per heavy atom. The molecule has 1 N–H and O–H groups in total. The minimum Gasteiger partial charge on any atom is -0.462 e. The van der Waals surface area contributed by atoms with Crippen molar-refractivity contribution >= 4 is 23.9 Å². The highest BCUT2D eigenvalue weighted by atomic mass is 16.6. The summed E-state index contributed by atoms with van der Waals surface area (Å²) in [6.45, 7) is 24.5. The van der Waals surface area contributed by atoms with Gasteiger partial charge in [0.05, 0.1) is 26.4 Å². The number of allylic oxidation sites excluding steroid dienone is 6. The Labute approximate surface area is 289 Å². The molecule has 0 fully saturated rings. The lowest BCUT2D eigenvalue weighted by atomic mass is 9.75. The maximum absolute atomic E-state index is 13.1. The third-order valence-corrected chi connectivity index (χ3v) is 7.76. The third-order valence-electron chi connectivity index (χ3n) is 7.76. The van der Waals surface area contributed by atoms with E-state index in [0.717, 1.165) is 30.8 Å². The summed E-state index contributed by atoms with van der Waals surface area (Å²) in [5.74, 6) is -2.63. The lowest BCUT2D eigenvalue weighted by molar-refractivity contribution is -0.148. The molecule has 2 aliphatic carbocycles. The molecule has 0 saturated heterocycles. The van der Waals surface area contributed by atoms with Crippen LogP contribution in [0, 0.1) is 10.8 Å². The monoisotopic (exact) mass is 674 g/mol. The van der Waals surface area contributed by atoms with Gasteiger partial charge >= 0.3 is 23.9 Å². The average Bonchev–Trinajstić information content (AvgIpc) is 3.01. The first kappa shape index (κ1) is 42.5. The smallest absolute Gasteiger partial charge is 0.345 e. The lowest BCUT2D eigenvalue weighted by Crippen LogP contribution is -2.36. The van der Waals surface area contributed by atoms with Crippen LogP contribution in [0.3, 0.4) is 0 Å². The number of ether oxygens (including phenoxy) is 4. The molecule has 0 bridgehead atoms. The quantitative estimate of drug-likeness (QED) is 0.0605.